The third-order valence-corrected chi connectivity index (χ3v) is 4.55. The first kappa shape index (κ1) is 15.9. The molecule has 0 aromatic rings. The molecule has 3 heteroatoms. The molecule has 108 valence electrons. The molecule has 4 atom stereocenters. The molecule has 0 radical (unpaired) electrons. The van der Waals surface area contributed by atoms with Gasteiger partial charge in [-0.3, -0.25) is 0 Å². The predicted molar refractivity (Wildman–Crippen MR) is 77.9 cm³/mol. The molecule has 0 aromatic heterocycles. The monoisotopic (exact) mass is 256 g/mol. The molecule has 1 aliphatic rings. The van der Waals surface area contributed by atoms with Crippen LogP contribution in [0.3, 0.4) is 0 Å². The minimum Gasteiger partial charge on any atom is -0.375 e. The minimum atomic E-state index is 0.408. The van der Waals surface area contributed by atoms with Crippen LogP contribution >= 0.6 is 0 Å². The molecule has 0 amide bonds. The van der Waals surface area contributed by atoms with E-state index in [-0.39, 0.29) is 0 Å². The summed E-state index contributed by atoms with van der Waals surface area (Å²) in [5.74, 6) is 1.35. The van der Waals surface area contributed by atoms with Crippen LogP contribution in [0.4, 0.5) is 0 Å². The Morgan fingerprint density at radius 2 is 1.72 bits per heavy atom. The summed E-state index contributed by atoms with van der Waals surface area (Å²) in [5.41, 5.74) is 0. The fourth-order valence-corrected chi connectivity index (χ4v) is 2.93. The third-order valence-electron chi connectivity index (χ3n) is 4.55. The van der Waals surface area contributed by atoms with Gasteiger partial charge in [0.1, 0.15) is 0 Å². The lowest BCUT2D eigenvalue weighted by atomic mass is 9.89. The van der Waals surface area contributed by atoms with Crippen LogP contribution < -0.4 is 5.32 Å². The zero-order valence-electron chi connectivity index (χ0n) is 12.9. The first-order valence-corrected chi connectivity index (χ1v) is 7.68. The molecule has 18 heavy (non-hydrogen) atoms. The van der Waals surface area contributed by atoms with E-state index in [0.717, 1.165) is 13.1 Å². The first-order valence-electron chi connectivity index (χ1n) is 7.68. The lowest BCUT2D eigenvalue weighted by Gasteiger charge is -2.20. The Kier molecular flexibility index (Phi) is 7.20. The van der Waals surface area contributed by atoms with Gasteiger partial charge in [-0.05, 0) is 52.4 Å². The van der Waals surface area contributed by atoms with Crippen molar-refractivity contribution in [2.24, 2.45) is 11.8 Å². The van der Waals surface area contributed by atoms with Crippen LogP contribution in [0.1, 0.15) is 41.0 Å². The molecule has 1 N–H and O–H groups in total. The fraction of sp³-hybridized carbons (Fsp3) is 1.00. The molecular formula is C15H32N2O. The second kappa shape index (κ2) is 8.13. The van der Waals surface area contributed by atoms with E-state index >= 15 is 0 Å². The van der Waals surface area contributed by atoms with E-state index in [2.05, 4.69) is 44.8 Å². The standard InChI is InChI=1S/C15H32N2O/c1-6-17(7-2)10-8-9-16-11-15-12(3)13(4)18-14(15)5/h12-16H,6-11H2,1-5H3. The fourth-order valence-electron chi connectivity index (χ4n) is 2.93. The molecule has 0 spiro atoms. The van der Waals surface area contributed by atoms with Gasteiger partial charge >= 0.3 is 0 Å². The third kappa shape index (κ3) is 4.52. The Balaban J connectivity index is 2.11. The average molecular weight is 256 g/mol. The largest absolute Gasteiger partial charge is 0.375 e. The van der Waals surface area contributed by atoms with Crippen LogP contribution in [0.5, 0.6) is 0 Å². The maximum Gasteiger partial charge on any atom is 0.0594 e. The normalized spacial score (nSPS) is 32.3. The van der Waals surface area contributed by atoms with Crippen molar-refractivity contribution in [2.75, 3.05) is 32.7 Å². The highest BCUT2D eigenvalue weighted by molar-refractivity contribution is 4.85. The van der Waals surface area contributed by atoms with Gasteiger partial charge in [0.25, 0.3) is 0 Å². The van der Waals surface area contributed by atoms with Gasteiger partial charge in [0.05, 0.1) is 12.2 Å². The second-order valence-electron chi connectivity index (χ2n) is 5.65. The Morgan fingerprint density at radius 1 is 1.06 bits per heavy atom. The molecule has 1 heterocycles. The van der Waals surface area contributed by atoms with Gasteiger partial charge in [-0.2, -0.15) is 0 Å². The van der Waals surface area contributed by atoms with Crippen molar-refractivity contribution >= 4 is 0 Å². The summed E-state index contributed by atoms with van der Waals surface area (Å²) in [6.45, 7) is 17.0. The van der Waals surface area contributed by atoms with Gasteiger partial charge in [0.2, 0.25) is 0 Å². The summed E-state index contributed by atoms with van der Waals surface area (Å²) in [6.07, 6.45) is 2.07. The van der Waals surface area contributed by atoms with Crippen molar-refractivity contribution in [3.8, 4) is 0 Å². The molecular weight excluding hydrogens is 224 g/mol. The average Bonchev–Trinajstić information content (AvgIpc) is 2.59. The lowest BCUT2D eigenvalue weighted by Crippen LogP contribution is -2.33. The van der Waals surface area contributed by atoms with Gasteiger partial charge in [-0.25, -0.2) is 0 Å². The van der Waals surface area contributed by atoms with Gasteiger partial charge < -0.3 is 15.0 Å². The number of nitrogens with one attached hydrogen (secondary N) is 1. The molecule has 0 aromatic carbocycles. The Morgan fingerprint density at radius 3 is 2.22 bits per heavy atom. The molecule has 1 fully saturated rings. The van der Waals surface area contributed by atoms with E-state index in [1.165, 1.54) is 26.1 Å². The topological polar surface area (TPSA) is 24.5 Å². The van der Waals surface area contributed by atoms with Crippen molar-refractivity contribution in [1.29, 1.82) is 0 Å². The van der Waals surface area contributed by atoms with Crippen LogP contribution in [-0.4, -0.2) is 49.8 Å². The number of ether oxygens (including phenoxy) is 1. The highest BCUT2D eigenvalue weighted by Crippen LogP contribution is 2.31. The molecule has 0 saturated carbocycles. The van der Waals surface area contributed by atoms with Crippen molar-refractivity contribution in [2.45, 2.75) is 53.2 Å². The maximum atomic E-state index is 5.87. The van der Waals surface area contributed by atoms with Crippen LogP contribution in [0.2, 0.25) is 0 Å². The van der Waals surface area contributed by atoms with E-state index in [1.54, 1.807) is 0 Å². The molecule has 0 aliphatic carbocycles. The first-order chi connectivity index (χ1) is 8.60. The van der Waals surface area contributed by atoms with E-state index in [0.29, 0.717) is 24.0 Å². The van der Waals surface area contributed by atoms with Crippen LogP contribution in [0.15, 0.2) is 0 Å². The van der Waals surface area contributed by atoms with Gasteiger partial charge in [-0.1, -0.05) is 20.8 Å². The van der Waals surface area contributed by atoms with Gasteiger partial charge in [0.15, 0.2) is 0 Å². The lowest BCUT2D eigenvalue weighted by molar-refractivity contribution is 0.0511. The van der Waals surface area contributed by atoms with Crippen LogP contribution in [0, 0.1) is 11.8 Å². The summed E-state index contributed by atoms with van der Waals surface area (Å²) in [6, 6.07) is 0. The summed E-state index contributed by atoms with van der Waals surface area (Å²) >= 11 is 0. The maximum absolute atomic E-state index is 5.87. The van der Waals surface area contributed by atoms with E-state index in [9.17, 15) is 0 Å². The number of hydrogen-bond acceptors (Lipinski definition) is 3. The summed E-state index contributed by atoms with van der Waals surface area (Å²) in [5, 5.41) is 3.61. The van der Waals surface area contributed by atoms with Crippen molar-refractivity contribution < 1.29 is 4.74 Å². The quantitative estimate of drug-likeness (QED) is 0.675. The summed E-state index contributed by atoms with van der Waals surface area (Å²) < 4.78 is 5.87. The van der Waals surface area contributed by atoms with E-state index in [1.807, 2.05) is 0 Å². The SMILES string of the molecule is CCN(CC)CCCNCC1C(C)OC(C)C1C. The highest BCUT2D eigenvalue weighted by Gasteiger charge is 2.36. The van der Waals surface area contributed by atoms with E-state index in [4.69, 9.17) is 4.74 Å². The number of nitrogens with zero attached hydrogens (tertiary/aromatic N) is 1. The number of hydrogen-bond donors (Lipinski definition) is 1. The second-order valence-corrected chi connectivity index (χ2v) is 5.65. The van der Waals surface area contributed by atoms with Crippen molar-refractivity contribution in [3.63, 3.8) is 0 Å². The zero-order valence-corrected chi connectivity index (χ0v) is 12.9. The Hall–Kier alpha value is -0.120. The Bertz CT molecular complexity index is 219. The number of rotatable bonds is 8. The molecule has 0 bridgehead atoms. The predicted octanol–water partition coefficient (Wildman–Crippen LogP) is 2.37. The molecule has 1 aliphatic heterocycles. The molecule has 4 unspecified atom stereocenters. The van der Waals surface area contributed by atoms with E-state index < -0.39 is 0 Å². The molecule has 3 nitrogen and oxygen atoms in total. The van der Waals surface area contributed by atoms with Crippen LogP contribution in [-0.2, 0) is 4.74 Å². The van der Waals surface area contributed by atoms with Crippen molar-refractivity contribution in [3.05, 3.63) is 0 Å². The van der Waals surface area contributed by atoms with Crippen LogP contribution in [0.25, 0.3) is 0 Å². The van der Waals surface area contributed by atoms with Crippen molar-refractivity contribution in [1.82, 2.24) is 10.2 Å². The molecule has 1 saturated heterocycles. The summed E-state index contributed by atoms with van der Waals surface area (Å²) in [4.78, 5) is 2.48. The smallest absolute Gasteiger partial charge is 0.0594 e. The minimum absolute atomic E-state index is 0.408. The summed E-state index contributed by atoms with van der Waals surface area (Å²) in [7, 11) is 0. The van der Waals surface area contributed by atoms with Gasteiger partial charge in [0, 0.05) is 12.5 Å². The Labute approximate surface area is 113 Å². The highest BCUT2D eigenvalue weighted by atomic mass is 16.5. The van der Waals surface area contributed by atoms with Gasteiger partial charge in [-0.15, -0.1) is 0 Å². The zero-order chi connectivity index (χ0) is 13.5. The molecule has 1 rings (SSSR count).